The summed E-state index contributed by atoms with van der Waals surface area (Å²) >= 11 is 6.07. The number of halogens is 1. The first-order valence-corrected chi connectivity index (χ1v) is 8.05. The zero-order chi connectivity index (χ0) is 18.5. The van der Waals surface area contributed by atoms with Gasteiger partial charge in [0.15, 0.2) is 5.76 Å². The van der Waals surface area contributed by atoms with Crippen LogP contribution in [-0.4, -0.2) is 18.9 Å². The van der Waals surface area contributed by atoms with Crippen LogP contribution in [0.4, 0.5) is 11.4 Å². The molecule has 0 bridgehead atoms. The SMILES string of the molecule is COc1ccc(NC(=O)c2ccccc2NC(=O)c2ccco2)cc1Cl. The second-order valence-electron chi connectivity index (χ2n) is 5.28. The van der Waals surface area contributed by atoms with Gasteiger partial charge in [-0.3, -0.25) is 9.59 Å². The van der Waals surface area contributed by atoms with Crippen molar-refractivity contribution in [2.75, 3.05) is 17.7 Å². The van der Waals surface area contributed by atoms with Gasteiger partial charge in [-0.05, 0) is 42.5 Å². The second-order valence-corrected chi connectivity index (χ2v) is 5.69. The maximum Gasteiger partial charge on any atom is 0.291 e. The smallest absolute Gasteiger partial charge is 0.291 e. The van der Waals surface area contributed by atoms with Gasteiger partial charge in [0.2, 0.25) is 0 Å². The predicted molar refractivity (Wildman–Crippen MR) is 99.1 cm³/mol. The number of ether oxygens (including phenoxy) is 1. The molecule has 26 heavy (non-hydrogen) atoms. The van der Waals surface area contributed by atoms with E-state index in [2.05, 4.69) is 10.6 Å². The van der Waals surface area contributed by atoms with Gasteiger partial charge in [-0.2, -0.15) is 0 Å². The monoisotopic (exact) mass is 370 g/mol. The molecule has 0 radical (unpaired) electrons. The van der Waals surface area contributed by atoms with Crippen LogP contribution < -0.4 is 15.4 Å². The first-order valence-electron chi connectivity index (χ1n) is 7.67. The van der Waals surface area contributed by atoms with Crippen LogP contribution in [-0.2, 0) is 0 Å². The van der Waals surface area contributed by atoms with Crippen molar-refractivity contribution in [3.8, 4) is 5.75 Å². The zero-order valence-electron chi connectivity index (χ0n) is 13.8. The molecule has 3 rings (SSSR count). The highest BCUT2D eigenvalue weighted by Crippen LogP contribution is 2.28. The third kappa shape index (κ3) is 3.87. The molecule has 7 heteroatoms. The Hall–Kier alpha value is -3.25. The van der Waals surface area contributed by atoms with Gasteiger partial charge >= 0.3 is 0 Å². The summed E-state index contributed by atoms with van der Waals surface area (Å²) in [7, 11) is 1.51. The quantitative estimate of drug-likeness (QED) is 0.695. The van der Waals surface area contributed by atoms with Crippen LogP contribution >= 0.6 is 11.6 Å². The topological polar surface area (TPSA) is 80.6 Å². The highest BCUT2D eigenvalue weighted by atomic mass is 35.5. The molecule has 3 aromatic rings. The predicted octanol–water partition coefficient (Wildman–Crippen LogP) is 4.45. The maximum absolute atomic E-state index is 12.6. The van der Waals surface area contributed by atoms with E-state index in [4.69, 9.17) is 20.8 Å². The third-order valence-electron chi connectivity index (χ3n) is 3.57. The van der Waals surface area contributed by atoms with Crippen molar-refractivity contribution in [3.63, 3.8) is 0 Å². The molecular formula is C19H15ClN2O4. The fourth-order valence-electron chi connectivity index (χ4n) is 2.32. The Bertz CT molecular complexity index is 938. The molecule has 0 saturated carbocycles. The molecule has 1 heterocycles. The molecule has 132 valence electrons. The minimum Gasteiger partial charge on any atom is -0.495 e. The molecule has 2 aromatic carbocycles. The minimum atomic E-state index is -0.442. The molecule has 1 aromatic heterocycles. The summed E-state index contributed by atoms with van der Waals surface area (Å²) in [4.78, 5) is 24.8. The van der Waals surface area contributed by atoms with E-state index in [1.807, 2.05) is 0 Å². The van der Waals surface area contributed by atoms with Gasteiger partial charge in [0, 0.05) is 5.69 Å². The Morgan fingerprint density at radius 2 is 1.81 bits per heavy atom. The van der Waals surface area contributed by atoms with Gasteiger partial charge in [-0.15, -0.1) is 0 Å². The van der Waals surface area contributed by atoms with Crippen molar-refractivity contribution in [2.24, 2.45) is 0 Å². The first-order chi connectivity index (χ1) is 12.6. The van der Waals surface area contributed by atoms with Crippen LogP contribution in [0.25, 0.3) is 0 Å². The Balaban J connectivity index is 1.79. The number of hydrogen-bond donors (Lipinski definition) is 2. The molecular weight excluding hydrogens is 356 g/mol. The summed E-state index contributed by atoms with van der Waals surface area (Å²) in [5.74, 6) is -0.165. The number of benzene rings is 2. The van der Waals surface area contributed by atoms with E-state index in [9.17, 15) is 9.59 Å². The van der Waals surface area contributed by atoms with Crippen LogP contribution in [0.15, 0.2) is 65.3 Å². The fraction of sp³-hybridized carbons (Fsp3) is 0.0526. The molecule has 6 nitrogen and oxygen atoms in total. The number of carbonyl (C=O) groups excluding carboxylic acids is 2. The Morgan fingerprint density at radius 1 is 1.00 bits per heavy atom. The summed E-state index contributed by atoms with van der Waals surface area (Å²) in [6.45, 7) is 0. The van der Waals surface area contributed by atoms with Gasteiger partial charge in [0.25, 0.3) is 11.8 Å². The lowest BCUT2D eigenvalue weighted by Gasteiger charge is -2.11. The molecule has 2 amide bonds. The second kappa shape index (κ2) is 7.76. The number of anilines is 2. The van der Waals surface area contributed by atoms with Crippen molar-refractivity contribution in [3.05, 3.63) is 77.2 Å². The molecule has 0 unspecified atom stereocenters. The number of methoxy groups -OCH3 is 1. The zero-order valence-corrected chi connectivity index (χ0v) is 14.5. The van der Waals surface area contributed by atoms with Gasteiger partial charge in [-0.25, -0.2) is 0 Å². The summed E-state index contributed by atoms with van der Waals surface area (Å²) in [5.41, 5.74) is 1.18. The van der Waals surface area contributed by atoms with Crippen molar-refractivity contribution < 1.29 is 18.7 Å². The summed E-state index contributed by atoms with van der Waals surface area (Å²) in [6.07, 6.45) is 1.40. The van der Waals surface area contributed by atoms with E-state index in [0.717, 1.165) is 0 Å². The van der Waals surface area contributed by atoms with E-state index in [1.165, 1.54) is 19.4 Å². The third-order valence-corrected chi connectivity index (χ3v) is 3.87. The van der Waals surface area contributed by atoms with Gasteiger partial charge in [-0.1, -0.05) is 23.7 Å². The molecule has 0 aliphatic rings. The molecule has 0 aliphatic heterocycles. The summed E-state index contributed by atoms with van der Waals surface area (Å²) in [5, 5.41) is 5.79. The molecule has 0 spiro atoms. The lowest BCUT2D eigenvalue weighted by molar-refractivity contribution is 0.0996. The Morgan fingerprint density at radius 3 is 2.50 bits per heavy atom. The standard InChI is InChI=1S/C19H15ClN2O4/c1-25-16-9-8-12(11-14(16)20)21-18(23)13-5-2-3-6-15(13)22-19(24)17-7-4-10-26-17/h2-11H,1H3,(H,21,23)(H,22,24). The van der Waals surface area contributed by atoms with E-state index < -0.39 is 5.91 Å². The number of carbonyl (C=O) groups is 2. The lowest BCUT2D eigenvalue weighted by atomic mass is 10.1. The maximum atomic E-state index is 12.6. The number of rotatable bonds is 5. The number of hydrogen-bond acceptors (Lipinski definition) is 4. The highest BCUT2D eigenvalue weighted by Gasteiger charge is 2.16. The number of amides is 2. The lowest BCUT2D eigenvalue weighted by Crippen LogP contribution is -2.18. The van der Waals surface area contributed by atoms with Crippen LogP contribution in [0.3, 0.4) is 0 Å². The molecule has 2 N–H and O–H groups in total. The number of furan rings is 1. The average molecular weight is 371 g/mol. The number of para-hydroxylation sites is 1. The van der Waals surface area contributed by atoms with E-state index in [1.54, 1.807) is 48.5 Å². The van der Waals surface area contributed by atoms with Gasteiger partial charge < -0.3 is 19.8 Å². The van der Waals surface area contributed by atoms with E-state index in [-0.39, 0.29) is 11.7 Å². The first kappa shape index (κ1) is 17.6. The van der Waals surface area contributed by atoms with Crippen molar-refractivity contribution in [1.82, 2.24) is 0 Å². The van der Waals surface area contributed by atoms with Gasteiger partial charge in [0.1, 0.15) is 5.75 Å². The average Bonchev–Trinajstić information content (AvgIpc) is 3.17. The Labute approximate surface area is 154 Å². The van der Waals surface area contributed by atoms with Crippen molar-refractivity contribution in [1.29, 1.82) is 0 Å². The minimum absolute atomic E-state index is 0.155. The normalized spacial score (nSPS) is 10.2. The Kier molecular flexibility index (Phi) is 5.24. The van der Waals surface area contributed by atoms with E-state index in [0.29, 0.717) is 27.7 Å². The summed E-state index contributed by atoms with van der Waals surface area (Å²) in [6, 6.07) is 14.7. The van der Waals surface area contributed by atoms with E-state index >= 15 is 0 Å². The van der Waals surface area contributed by atoms with Gasteiger partial charge in [0.05, 0.1) is 29.6 Å². The van der Waals surface area contributed by atoms with Crippen molar-refractivity contribution >= 4 is 34.8 Å². The molecule has 0 saturated heterocycles. The summed E-state index contributed by atoms with van der Waals surface area (Å²) < 4.78 is 10.1. The van der Waals surface area contributed by atoms with Crippen LogP contribution in [0.5, 0.6) is 5.75 Å². The molecule has 0 aliphatic carbocycles. The molecule has 0 fully saturated rings. The van der Waals surface area contributed by atoms with Crippen LogP contribution in [0, 0.1) is 0 Å². The number of nitrogens with one attached hydrogen (secondary N) is 2. The fourth-order valence-corrected chi connectivity index (χ4v) is 2.58. The largest absolute Gasteiger partial charge is 0.495 e. The van der Waals surface area contributed by atoms with Crippen LogP contribution in [0.2, 0.25) is 5.02 Å². The van der Waals surface area contributed by atoms with Crippen molar-refractivity contribution in [2.45, 2.75) is 0 Å². The van der Waals surface area contributed by atoms with Crippen LogP contribution in [0.1, 0.15) is 20.9 Å². The molecule has 0 atom stereocenters. The highest BCUT2D eigenvalue weighted by molar-refractivity contribution is 6.32.